The van der Waals surface area contributed by atoms with Crippen LogP contribution in [0.4, 0.5) is 11.4 Å². The van der Waals surface area contributed by atoms with Gasteiger partial charge in [-0.2, -0.15) is 0 Å². The van der Waals surface area contributed by atoms with E-state index in [0.717, 1.165) is 82.1 Å². The number of H-pyrrole nitrogens is 1. The van der Waals surface area contributed by atoms with E-state index in [1.54, 1.807) is 29.3 Å². The average Bonchev–Trinajstić information content (AvgIpc) is 3.62. The van der Waals surface area contributed by atoms with Gasteiger partial charge in [-0.15, -0.1) is 0 Å². The molecule has 3 heterocycles. The molecule has 0 radical (unpaired) electrons. The van der Waals surface area contributed by atoms with Gasteiger partial charge in [0.25, 0.3) is 0 Å². The molecule has 0 bridgehead atoms. The SMILES string of the molecule is C=C(NSc1ccc(NC)c(C)c1)c1ccc(N2CCN(CC3=C(c4ccc(Cl)cc4)CC4(CCC4)CC3)CC2)cc1Oc1cnc2[nH]ccc2c1. The van der Waals surface area contributed by atoms with Gasteiger partial charge < -0.3 is 24.7 Å². The molecule has 2 aliphatic carbocycles. The number of aryl methyl sites for hydroxylation is 1. The van der Waals surface area contributed by atoms with Crippen LogP contribution in [0.5, 0.6) is 11.5 Å². The third-order valence-electron chi connectivity index (χ3n) is 11.3. The summed E-state index contributed by atoms with van der Waals surface area (Å²) in [5, 5.41) is 5.05. The smallest absolute Gasteiger partial charge is 0.146 e. The standard InChI is InChI=1S/C43H47ClN6OS/c1-29-23-37(10-12-40(29)45-3)52-48-30(2)38-11-9-35(25-41(38)51-36-24-32-14-18-46-42(32)47-27-36)50-21-19-49(20-22-50)28-33-13-17-43(15-4-16-43)26-39(33)31-5-7-34(44)8-6-31/h5-12,14,18,23-25,27,45,48H,2,4,13,15-17,19-22,26,28H2,1,3H3,(H,46,47). The summed E-state index contributed by atoms with van der Waals surface area (Å²) in [6, 6.07) is 25.5. The number of anilines is 2. The monoisotopic (exact) mass is 730 g/mol. The number of benzene rings is 3. The summed E-state index contributed by atoms with van der Waals surface area (Å²) >= 11 is 7.84. The van der Waals surface area contributed by atoms with Crippen LogP contribution in [0.1, 0.15) is 55.2 Å². The molecule has 0 atom stereocenters. The van der Waals surface area contributed by atoms with E-state index in [4.69, 9.17) is 16.3 Å². The fourth-order valence-electron chi connectivity index (χ4n) is 8.12. The number of hydrogen-bond donors (Lipinski definition) is 3. The largest absolute Gasteiger partial charge is 0.455 e. The van der Waals surface area contributed by atoms with Crippen LogP contribution < -0.4 is 19.7 Å². The lowest BCUT2D eigenvalue weighted by atomic mass is 9.59. The van der Waals surface area contributed by atoms with Gasteiger partial charge in [0.2, 0.25) is 0 Å². The minimum absolute atomic E-state index is 0.531. The second-order valence-corrected chi connectivity index (χ2v) is 16.0. The number of nitrogens with zero attached hydrogens (tertiary/aromatic N) is 3. The predicted octanol–water partition coefficient (Wildman–Crippen LogP) is 10.6. The second kappa shape index (κ2) is 14.9. The quantitative estimate of drug-likeness (QED) is 0.117. The number of nitrogens with one attached hydrogen (secondary N) is 3. The highest BCUT2D eigenvalue weighted by molar-refractivity contribution is 7.97. The number of pyridine rings is 1. The van der Waals surface area contributed by atoms with Crippen molar-refractivity contribution >= 4 is 57.2 Å². The van der Waals surface area contributed by atoms with E-state index in [1.807, 2.05) is 25.4 Å². The van der Waals surface area contributed by atoms with Crippen LogP contribution in [-0.2, 0) is 0 Å². The molecular weight excluding hydrogens is 684 g/mol. The van der Waals surface area contributed by atoms with Gasteiger partial charge in [-0.3, -0.25) is 4.90 Å². The normalized spacial score (nSPS) is 17.3. The van der Waals surface area contributed by atoms with Gasteiger partial charge in [-0.05, 0) is 128 Å². The van der Waals surface area contributed by atoms with Crippen molar-refractivity contribution in [2.75, 3.05) is 50.0 Å². The van der Waals surface area contributed by atoms with Crippen molar-refractivity contribution in [3.05, 3.63) is 119 Å². The molecule has 8 rings (SSSR count). The number of aromatic amines is 1. The first-order chi connectivity index (χ1) is 25.3. The molecule has 1 saturated carbocycles. The van der Waals surface area contributed by atoms with Crippen LogP contribution >= 0.6 is 23.5 Å². The first-order valence-electron chi connectivity index (χ1n) is 18.4. The van der Waals surface area contributed by atoms with Crippen molar-refractivity contribution in [1.29, 1.82) is 0 Å². The Morgan fingerprint density at radius 3 is 2.58 bits per heavy atom. The van der Waals surface area contributed by atoms with Gasteiger partial charge in [0, 0.05) is 90.0 Å². The highest BCUT2D eigenvalue weighted by Gasteiger charge is 2.40. The molecule has 5 aromatic rings. The second-order valence-electron chi connectivity index (χ2n) is 14.7. The van der Waals surface area contributed by atoms with E-state index in [0.29, 0.717) is 11.2 Å². The van der Waals surface area contributed by atoms with Gasteiger partial charge in [0.1, 0.15) is 17.1 Å². The molecule has 3 N–H and O–H groups in total. The van der Waals surface area contributed by atoms with Crippen molar-refractivity contribution in [2.45, 2.75) is 50.3 Å². The number of rotatable bonds is 11. The molecule has 0 unspecified atom stereocenters. The number of hydrogen-bond acceptors (Lipinski definition) is 7. The Kier molecular flexibility index (Phi) is 9.97. The number of aromatic nitrogens is 2. The molecular formula is C43H47ClN6OS. The maximum absolute atomic E-state index is 6.61. The van der Waals surface area contributed by atoms with E-state index in [-0.39, 0.29) is 0 Å². The molecule has 2 aromatic heterocycles. The number of piperazine rings is 1. The van der Waals surface area contributed by atoms with Crippen molar-refractivity contribution in [3.63, 3.8) is 0 Å². The summed E-state index contributed by atoms with van der Waals surface area (Å²) in [6.07, 6.45) is 11.6. The molecule has 2 fully saturated rings. The number of fused-ring (bicyclic) bond motifs is 1. The summed E-state index contributed by atoms with van der Waals surface area (Å²) < 4.78 is 10.1. The lowest BCUT2D eigenvalue weighted by Crippen LogP contribution is -2.47. The van der Waals surface area contributed by atoms with Crippen LogP contribution in [0.2, 0.25) is 5.02 Å². The molecule has 268 valence electrons. The van der Waals surface area contributed by atoms with Gasteiger partial charge in [0.05, 0.1) is 6.20 Å². The predicted molar refractivity (Wildman–Crippen MR) is 219 cm³/mol. The Morgan fingerprint density at radius 2 is 1.83 bits per heavy atom. The first kappa shape index (κ1) is 34.7. The summed E-state index contributed by atoms with van der Waals surface area (Å²) in [6.45, 7) is 11.5. The maximum Gasteiger partial charge on any atom is 0.146 e. The molecule has 3 aliphatic rings. The fourth-order valence-corrected chi connectivity index (χ4v) is 8.97. The topological polar surface area (TPSA) is 68.4 Å². The van der Waals surface area contributed by atoms with Crippen molar-refractivity contribution in [3.8, 4) is 11.5 Å². The molecule has 9 heteroatoms. The van der Waals surface area contributed by atoms with E-state index in [1.165, 1.54) is 49.7 Å². The van der Waals surface area contributed by atoms with E-state index < -0.39 is 0 Å². The van der Waals surface area contributed by atoms with Gasteiger partial charge in [0.15, 0.2) is 0 Å². The minimum Gasteiger partial charge on any atom is -0.455 e. The third kappa shape index (κ3) is 7.43. The van der Waals surface area contributed by atoms with Crippen LogP contribution in [-0.4, -0.2) is 54.6 Å². The molecule has 52 heavy (non-hydrogen) atoms. The fraction of sp³-hybridized carbons (Fsp3) is 0.326. The summed E-state index contributed by atoms with van der Waals surface area (Å²) in [7, 11) is 1.95. The Bertz CT molecular complexity index is 2110. The summed E-state index contributed by atoms with van der Waals surface area (Å²) in [4.78, 5) is 14.0. The lowest BCUT2D eigenvalue weighted by molar-refractivity contribution is 0.118. The molecule has 7 nitrogen and oxygen atoms in total. The van der Waals surface area contributed by atoms with Crippen LogP contribution in [0.15, 0.2) is 102 Å². The minimum atomic E-state index is 0.531. The van der Waals surface area contributed by atoms with Gasteiger partial charge >= 0.3 is 0 Å². The zero-order valence-corrected chi connectivity index (χ0v) is 31.7. The summed E-state index contributed by atoms with van der Waals surface area (Å²) in [5.74, 6) is 1.44. The zero-order chi connectivity index (χ0) is 35.7. The van der Waals surface area contributed by atoms with Crippen LogP contribution in [0.25, 0.3) is 22.3 Å². The van der Waals surface area contributed by atoms with E-state index >= 15 is 0 Å². The molecule has 0 amide bonds. The molecule has 3 aromatic carbocycles. The Balaban J connectivity index is 0.987. The lowest BCUT2D eigenvalue weighted by Gasteiger charge is -2.47. The van der Waals surface area contributed by atoms with Gasteiger partial charge in [-0.25, -0.2) is 4.98 Å². The van der Waals surface area contributed by atoms with Crippen molar-refractivity contribution < 1.29 is 4.74 Å². The van der Waals surface area contributed by atoms with Crippen LogP contribution in [0.3, 0.4) is 0 Å². The summed E-state index contributed by atoms with van der Waals surface area (Å²) in [5.41, 5.74) is 11.1. The molecule has 1 spiro atoms. The highest BCUT2D eigenvalue weighted by atomic mass is 35.5. The number of allylic oxidation sites excluding steroid dienone is 1. The van der Waals surface area contributed by atoms with E-state index in [2.05, 4.69) is 104 Å². The molecule has 1 saturated heterocycles. The van der Waals surface area contributed by atoms with Crippen molar-refractivity contribution in [2.24, 2.45) is 5.41 Å². The molecule has 1 aliphatic heterocycles. The van der Waals surface area contributed by atoms with E-state index in [9.17, 15) is 0 Å². The Labute approximate surface area is 316 Å². The zero-order valence-electron chi connectivity index (χ0n) is 30.1. The Morgan fingerprint density at radius 1 is 1.00 bits per heavy atom. The number of halogens is 1. The number of ether oxygens (including phenoxy) is 1. The Hall–Kier alpha value is -4.37. The first-order valence-corrected chi connectivity index (χ1v) is 19.6. The highest BCUT2D eigenvalue weighted by Crippen LogP contribution is 2.55. The third-order valence-corrected chi connectivity index (χ3v) is 12.4. The van der Waals surface area contributed by atoms with Crippen molar-refractivity contribution in [1.82, 2.24) is 19.6 Å². The average molecular weight is 731 g/mol. The van der Waals surface area contributed by atoms with Gasteiger partial charge in [-0.1, -0.05) is 42.3 Å². The van der Waals surface area contributed by atoms with Crippen LogP contribution in [0, 0.1) is 12.3 Å². The maximum atomic E-state index is 6.61.